The number of alkyl halides is 1. The summed E-state index contributed by atoms with van der Waals surface area (Å²) < 4.78 is 55.0. The number of H-pyrrole nitrogens is 1. The van der Waals surface area contributed by atoms with Crippen LogP contribution >= 0.6 is 19.4 Å². The second-order valence-corrected chi connectivity index (χ2v) is 10.7. The average Bonchev–Trinajstić information content (AvgIpc) is 3.10. The number of ether oxygens (including phenoxy) is 2. The number of benzene rings is 1. The topological polar surface area (TPSA) is 181 Å². The number of rotatable bonds is 10. The summed E-state index contributed by atoms with van der Waals surface area (Å²) in [6.45, 7) is 3.75. The van der Waals surface area contributed by atoms with Crippen LogP contribution in [0.2, 0.25) is 0 Å². The molecule has 2 heterocycles. The fourth-order valence-corrected chi connectivity index (χ4v) is 5.14. The minimum Gasteiger partial charge on any atom is -0.461 e. The molecule has 4 N–H and O–H groups in total. The summed E-state index contributed by atoms with van der Waals surface area (Å²) in [7, 11) is -4.62. The molecule has 1 aliphatic heterocycles. The van der Waals surface area contributed by atoms with E-state index in [-0.39, 0.29) is 5.75 Å². The Morgan fingerprint density at radius 1 is 1.33 bits per heavy atom. The molecule has 1 fully saturated rings. The number of hydrogen-bond acceptors (Lipinski definition) is 11. The van der Waals surface area contributed by atoms with Crippen LogP contribution in [0.3, 0.4) is 0 Å². The number of carbonyl (C=O) groups excluding carboxylic acids is 1. The van der Waals surface area contributed by atoms with Crippen LogP contribution in [0.1, 0.15) is 27.0 Å². The van der Waals surface area contributed by atoms with Gasteiger partial charge in [0.05, 0.1) is 18.9 Å². The third-order valence-electron chi connectivity index (χ3n) is 5.21. The lowest BCUT2D eigenvalue weighted by molar-refractivity contribution is -0.156. The summed E-state index contributed by atoms with van der Waals surface area (Å²) in [5, 5.41) is 10.9. The van der Waals surface area contributed by atoms with Gasteiger partial charge in [0.1, 0.15) is 18.0 Å². The lowest BCUT2D eigenvalue weighted by Crippen LogP contribution is -2.45. The Labute approximate surface area is 226 Å². The zero-order valence-corrected chi connectivity index (χ0v) is 22.6. The van der Waals surface area contributed by atoms with E-state index in [9.17, 15) is 28.4 Å². The molecule has 1 saturated heterocycles. The highest BCUT2D eigenvalue weighted by Gasteiger charge is 2.57. The van der Waals surface area contributed by atoms with Gasteiger partial charge in [-0.15, -0.1) is 0 Å². The number of halogens is 2. The maximum atomic E-state index is 14.0. The summed E-state index contributed by atoms with van der Waals surface area (Å²) in [4.78, 5) is 35.7. The molecular formula is C23H26ClFN3O10P. The second-order valence-electron chi connectivity index (χ2n) is 8.53. The predicted molar refractivity (Wildman–Crippen MR) is 134 cm³/mol. The average molecular weight is 590 g/mol. The fraction of sp³-hybridized carbons (Fsp3) is 0.435. The normalized spacial score (nSPS) is 24.8. The number of nitrogens with zero attached hydrogens (tertiary/aromatic N) is 1. The van der Waals surface area contributed by atoms with E-state index in [2.05, 4.69) is 5.92 Å². The number of aromatic amines is 1. The molecule has 1 aromatic heterocycles. The van der Waals surface area contributed by atoms with Crippen molar-refractivity contribution in [3.8, 4) is 17.7 Å². The molecule has 3 rings (SSSR count). The first-order valence-corrected chi connectivity index (χ1v) is 13.3. The Bertz CT molecular complexity index is 1410. The lowest BCUT2D eigenvalue weighted by atomic mass is 9.99. The van der Waals surface area contributed by atoms with Crippen LogP contribution in [-0.4, -0.2) is 56.5 Å². The van der Waals surface area contributed by atoms with Crippen LogP contribution < -0.4 is 21.5 Å². The van der Waals surface area contributed by atoms with Crippen LogP contribution in [0, 0.1) is 17.8 Å². The molecule has 39 heavy (non-hydrogen) atoms. The molecule has 1 aliphatic rings. The van der Waals surface area contributed by atoms with Crippen molar-refractivity contribution < 1.29 is 41.9 Å². The molecule has 1 aromatic carbocycles. The van der Waals surface area contributed by atoms with Gasteiger partial charge in [-0.1, -0.05) is 29.8 Å². The van der Waals surface area contributed by atoms with E-state index in [1.807, 2.05) is 6.04 Å². The lowest BCUT2D eigenvalue weighted by Gasteiger charge is -2.25. The maximum Gasteiger partial charge on any atom is 0.530 e. The molecule has 3 unspecified atom stereocenters. The Kier molecular flexibility index (Phi) is 9.60. The third kappa shape index (κ3) is 7.07. The van der Waals surface area contributed by atoms with Crippen LogP contribution in [-0.2, 0) is 27.9 Å². The molecule has 0 aliphatic carbocycles. The van der Waals surface area contributed by atoms with E-state index in [4.69, 9.17) is 40.4 Å². The Morgan fingerprint density at radius 2 is 2.00 bits per heavy atom. The number of nitrogens with two attached hydrogens (primary N) is 1. The summed E-state index contributed by atoms with van der Waals surface area (Å²) in [5.41, 5.74) is 2.88. The van der Waals surface area contributed by atoms with Crippen LogP contribution in [0.4, 0.5) is 4.39 Å². The van der Waals surface area contributed by atoms with Crippen molar-refractivity contribution in [1.82, 2.24) is 9.55 Å². The van der Waals surface area contributed by atoms with Crippen LogP contribution in [0.5, 0.6) is 5.75 Å². The van der Waals surface area contributed by atoms with E-state index in [1.165, 1.54) is 19.1 Å². The Balaban J connectivity index is 1.89. The number of carbonyl (C=O) groups is 1. The van der Waals surface area contributed by atoms with Gasteiger partial charge >= 0.3 is 19.5 Å². The van der Waals surface area contributed by atoms with Gasteiger partial charge in [-0.05, 0) is 38.8 Å². The molecule has 13 nitrogen and oxygen atoms in total. The van der Waals surface area contributed by atoms with Gasteiger partial charge < -0.3 is 24.8 Å². The summed E-state index contributed by atoms with van der Waals surface area (Å²) in [6.07, 6.45) is -6.29. The highest BCUT2D eigenvalue weighted by atomic mass is 35.5. The van der Waals surface area contributed by atoms with Gasteiger partial charge in [0.25, 0.3) is 5.56 Å². The van der Waals surface area contributed by atoms with Crippen molar-refractivity contribution in [2.24, 2.45) is 5.73 Å². The highest BCUT2D eigenvalue weighted by molar-refractivity contribution is 7.49. The van der Waals surface area contributed by atoms with Crippen molar-refractivity contribution >= 4 is 25.4 Å². The minimum absolute atomic E-state index is 0.0620. The number of phosphoric ester groups is 1. The van der Waals surface area contributed by atoms with Gasteiger partial charge in [-0.3, -0.25) is 23.4 Å². The van der Waals surface area contributed by atoms with E-state index in [0.717, 1.165) is 0 Å². The van der Waals surface area contributed by atoms with Gasteiger partial charge in [-0.2, -0.15) is 4.39 Å². The zero-order chi connectivity index (χ0) is 29.0. The highest BCUT2D eigenvalue weighted by Crippen LogP contribution is 2.52. The SMILES string of the molecule is CC(C)OC(=O)[C@H](C)O[P@](=O)(OC[C@H]1OC(n2cc(F)c(=O)[nH]c2=O)C(Cl)(C#CN)C1O)Oc1ccccc1. The fourth-order valence-electron chi connectivity index (χ4n) is 3.45. The summed E-state index contributed by atoms with van der Waals surface area (Å²) in [6, 6.07) is 9.74. The third-order valence-corrected chi connectivity index (χ3v) is 7.19. The van der Waals surface area contributed by atoms with Gasteiger partial charge in [0, 0.05) is 6.04 Å². The number of nitrogens with one attached hydrogen (secondary N) is 1. The first kappa shape index (κ1) is 30.4. The first-order chi connectivity index (χ1) is 18.3. The molecule has 0 bridgehead atoms. The maximum absolute atomic E-state index is 14.0. The quantitative estimate of drug-likeness (QED) is 0.120. The first-order valence-electron chi connectivity index (χ1n) is 11.4. The van der Waals surface area contributed by atoms with Crippen molar-refractivity contribution in [1.29, 1.82) is 0 Å². The molecule has 0 saturated carbocycles. The van der Waals surface area contributed by atoms with Gasteiger partial charge in [0.15, 0.2) is 17.2 Å². The van der Waals surface area contributed by atoms with E-state index in [1.54, 1.807) is 37.0 Å². The number of phosphoric acid groups is 1. The molecular weight excluding hydrogens is 564 g/mol. The summed E-state index contributed by atoms with van der Waals surface area (Å²) >= 11 is 6.48. The van der Waals surface area contributed by atoms with Crippen molar-refractivity contribution in [2.75, 3.05) is 6.61 Å². The molecule has 6 atom stereocenters. The molecule has 212 valence electrons. The van der Waals surface area contributed by atoms with E-state index < -0.39 is 73.0 Å². The van der Waals surface area contributed by atoms with Crippen LogP contribution in [0.15, 0.2) is 46.1 Å². The van der Waals surface area contributed by atoms with Crippen molar-refractivity contribution in [3.63, 3.8) is 0 Å². The molecule has 0 radical (unpaired) electrons. The second kappa shape index (κ2) is 12.3. The number of esters is 1. The predicted octanol–water partition coefficient (Wildman–Crippen LogP) is 1.39. The number of aliphatic hydroxyl groups is 1. The van der Waals surface area contributed by atoms with E-state index >= 15 is 0 Å². The molecule has 0 spiro atoms. The number of aliphatic hydroxyl groups excluding tert-OH is 1. The summed E-state index contributed by atoms with van der Waals surface area (Å²) in [5.74, 6) is 0.180. The standard InChI is InChI=1S/C23H26ClFN3O10P/c1-13(2)35-20(31)14(3)37-39(33,38-15-7-5-4-6-8-15)34-12-17-18(29)23(24,9-10-26)21(36-17)28-11-16(25)19(30)27-22(28)32/h4-8,11,13-14,17-18,21,29H,12,26H2,1-3H3,(H,27,30,32)/t14-,17+,18?,21?,23?,39-/m0/s1. The monoisotopic (exact) mass is 589 g/mol. The van der Waals surface area contributed by atoms with E-state index in [0.29, 0.717) is 10.8 Å². The number of para-hydroxylation sites is 1. The van der Waals surface area contributed by atoms with Gasteiger partial charge in [0.2, 0.25) is 5.82 Å². The van der Waals surface area contributed by atoms with Crippen LogP contribution in [0.25, 0.3) is 0 Å². The van der Waals surface area contributed by atoms with Gasteiger partial charge in [-0.25, -0.2) is 14.2 Å². The molecule has 2 aromatic rings. The van der Waals surface area contributed by atoms with Crippen molar-refractivity contribution in [3.05, 3.63) is 63.2 Å². The Morgan fingerprint density at radius 3 is 2.62 bits per heavy atom. The number of hydrogen-bond donors (Lipinski definition) is 3. The molecule has 0 amide bonds. The minimum atomic E-state index is -4.62. The van der Waals surface area contributed by atoms with Crippen molar-refractivity contribution in [2.45, 2.75) is 56.3 Å². The smallest absolute Gasteiger partial charge is 0.461 e. The zero-order valence-electron chi connectivity index (χ0n) is 20.9. The number of aromatic nitrogens is 2. The largest absolute Gasteiger partial charge is 0.530 e. The Hall–Kier alpha value is -3.18. The molecule has 16 heteroatoms.